The van der Waals surface area contributed by atoms with Crippen molar-refractivity contribution in [1.29, 1.82) is 0 Å². The normalized spacial score (nSPS) is 17.3. The van der Waals surface area contributed by atoms with Crippen LogP contribution in [0.15, 0.2) is 67.0 Å². The third-order valence-corrected chi connectivity index (χ3v) is 7.64. The van der Waals surface area contributed by atoms with Crippen LogP contribution in [0.2, 0.25) is 5.02 Å². The number of aryl methyl sites for hydroxylation is 1. The molecule has 1 unspecified atom stereocenters. The van der Waals surface area contributed by atoms with E-state index in [-0.39, 0.29) is 11.8 Å². The third kappa shape index (κ3) is 7.85. The van der Waals surface area contributed by atoms with E-state index in [1.807, 2.05) is 60.6 Å². The molecule has 2 aromatic carbocycles. The largest absolute Gasteiger partial charge is 0.493 e. The molecule has 0 saturated carbocycles. The van der Waals surface area contributed by atoms with Gasteiger partial charge in [-0.1, -0.05) is 61.8 Å². The summed E-state index contributed by atoms with van der Waals surface area (Å²) in [5, 5.41) is 0.598. The van der Waals surface area contributed by atoms with Crippen molar-refractivity contribution in [3.05, 3.63) is 83.4 Å². The van der Waals surface area contributed by atoms with Gasteiger partial charge < -0.3 is 19.1 Å². The number of piperidine rings is 1. The van der Waals surface area contributed by atoms with Crippen molar-refractivity contribution in [2.24, 2.45) is 5.41 Å². The van der Waals surface area contributed by atoms with Crippen LogP contribution in [0.4, 0.5) is 0 Å². The lowest BCUT2D eigenvalue weighted by Crippen LogP contribution is -2.50. The number of carbonyl (C=O) groups is 2. The molecule has 4 rings (SSSR count). The smallest absolute Gasteiger partial charge is 0.224 e. The van der Waals surface area contributed by atoms with Crippen molar-refractivity contribution >= 4 is 23.4 Å². The Labute approximate surface area is 236 Å². The second-order valence-corrected chi connectivity index (χ2v) is 11.4. The number of benzene rings is 2. The van der Waals surface area contributed by atoms with Gasteiger partial charge >= 0.3 is 0 Å². The minimum absolute atomic E-state index is 0.0443. The van der Waals surface area contributed by atoms with E-state index < -0.39 is 5.41 Å². The first-order valence-electron chi connectivity index (χ1n) is 13.7. The zero-order valence-corrected chi connectivity index (χ0v) is 23.9. The second kappa shape index (κ2) is 13.2. The highest BCUT2D eigenvalue weighted by Gasteiger charge is 2.40. The number of hydrogen-bond donors (Lipinski definition) is 0. The van der Waals surface area contributed by atoms with E-state index in [0.717, 1.165) is 24.2 Å². The molecule has 1 aliphatic rings. The molecule has 7 nitrogen and oxygen atoms in total. The van der Waals surface area contributed by atoms with E-state index in [2.05, 4.69) is 23.4 Å². The number of ether oxygens (including phenoxy) is 1. The van der Waals surface area contributed by atoms with Crippen LogP contribution in [-0.2, 0) is 22.7 Å². The number of imidazole rings is 1. The van der Waals surface area contributed by atoms with Crippen LogP contribution in [0.3, 0.4) is 0 Å². The minimum Gasteiger partial charge on any atom is -0.493 e. The lowest BCUT2D eigenvalue weighted by Gasteiger charge is -2.43. The van der Waals surface area contributed by atoms with E-state index in [0.29, 0.717) is 62.3 Å². The van der Waals surface area contributed by atoms with Crippen LogP contribution in [0.1, 0.15) is 56.8 Å². The zero-order valence-electron chi connectivity index (χ0n) is 23.2. The summed E-state index contributed by atoms with van der Waals surface area (Å²) < 4.78 is 8.27. The Balaban J connectivity index is 1.46. The van der Waals surface area contributed by atoms with Gasteiger partial charge in [-0.2, -0.15) is 0 Å². The molecule has 0 N–H and O–H groups in total. The van der Waals surface area contributed by atoms with Crippen LogP contribution in [0.25, 0.3) is 0 Å². The van der Waals surface area contributed by atoms with Gasteiger partial charge in [-0.25, -0.2) is 4.98 Å². The van der Waals surface area contributed by atoms with Gasteiger partial charge in [0.15, 0.2) is 0 Å². The van der Waals surface area contributed by atoms with E-state index in [1.165, 1.54) is 0 Å². The van der Waals surface area contributed by atoms with Crippen molar-refractivity contribution in [3.63, 3.8) is 0 Å². The highest BCUT2D eigenvalue weighted by atomic mass is 35.5. The molecule has 208 valence electrons. The van der Waals surface area contributed by atoms with Crippen LogP contribution < -0.4 is 4.74 Å². The predicted octanol–water partition coefficient (Wildman–Crippen LogP) is 5.79. The highest BCUT2D eigenvalue weighted by molar-refractivity contribution is 6.30. The number of aromatic nitrogens is 2. The van der Waals surface area contributed by atoms with Gasteiger partial charge in [0.05, 0.1) is 6.61 Å². The molecule has 0 aliphatic carbocycles. The summed E-state index contributed by atoms with van der Waals surface area (Å²) in [4.78, 5) is 35.0. The zero-order chi connectivity index (χ0) is 27.8. The maximum Gasteiger partial charge on any atom is 0.224 e. The number of nitrogens with zero attached hydrogens (tertiary/aromatic N) is 4. The number of amides is 2. The van der Waals surface area contributed by atoms with Crippen LogP contribution in [-0.4, -0.2) is 57.9 Å². The summed E-state index contributed by atoms with van der Waals surface area (Å²) in [7, 11) is 1.84. The Bertz CT molecular complexity index is 1250. The van der Waals surface area contributed by atoms with Crippen molar-refractivity contribution in [3.8, 4) is 5.75 Å². The third-order valence-electron chi connectivity index (χ3n) is 7.40. The number of likely N-dealkylation sites (tertiary alicyclic amines) is 1. The van der Waals surface area contributed by atoms with Gasteiger partial charge in [0.2, 0.25) is 11.8 Å². The van der Waals surface area contributed by atoms with Gasteiger partial charge in [-0.15, -0.1) is 0 Å². The first-order chi connectivity index (χ1) is 18.7. The molecule has 3 aromatic rings. The SMILES string of the molecule is CC(C)c1nccn1CCC(=O)N1CCCC(COc2cccc(Cl)c2)(CC(=O)N(C)Cc2ccccc2)C1. The Morgan fingerprint density at radius 3 is 2.69 bits per heavy atom. The van der Waals surface area contributed by atoms with Crippen molar-refractivity contribution in [2.45, 2.75) is 58.5 Å². The molecule has 2 amide bonds. The van der Waals surface area contributed by atoms with Gasteiger partial charge in [-0.05, 0) is 36.6 Å². The van der Waals surface area contributed by atoms with E-state index in [9.17, 15) is 9.59 Å². The number of hydrogen-bond acceptors (Lipinski definition) is 4. The Morgan fingerprint density at radius 2 is 1.95 bits per heavy atom. The summed E-state index contributed by atoms with van der Waals surface area (Å²) in [5.74, 6) is 2.08. The average Bonchev–Trinajstić information content (AvgIpc) is 3.40. The van der Waals surface area contributed by atoms with Crippen LogP contribution >= 0.6 is 11.6 Å². The summed E-state index contributed by atoms with van der Waals surface area (Å²) >= 11 is 6.18. The Hall–Kier alpha value is -3.32. The summed E-state index contributed by atoms with van der Waals surface area (Å²) in [6.07, 6.45) is 6.05. The number of rotatable bonds is 11. The van der Waals surface area contributed by atoms with Gasteiger partial charge in [0, 0.05) is 74.8 Å². The van der Waals surface area contributed by atoms with Crippen LogP contribution in [0, 0.1) is 5.41 Å². The molecule has 1 aromatic heterocycles. The fourth-order valence-electron chi connectivity index (χ4n) is 5.31. The quantitative estimate of drug-likeness (QED) is 0.303. The Kier molecular flexibility index (Phi) is 9.68. The molecule has 1 saturated heterocycles. The molecule has 39 heavy (non-hydrogen) atoms. The average molecular weight is 551 g/mol. The molecule has 0 spiro atoms. The lowest BCUT2D eigenvalue weighted by molar-refractivity contribution is -0.141. The molecular formula is C31H39ClN4O3. The molecule has 1 atom stereocenters. The van der Waals surface area contributed by atoms with E-state index in [1.54, 1.807) is 23.2 Å². The van der Waals surface area contributed by atoms with Gasteiger partial charge in [0.1, 0.15) is 11.6 Å². The second-order valence-electron chi connectivity index (χ2n) is 11.0. The first kappa shape index (κ1) is 28.7. The summed E-state index contributed by atoms with van der Waals surface area (Å²) in [5.41, 5.74) is 0.592. The monoisotopic (exact) mass is 550 g/mol. The standard InChI is InChI=1S/C31H39ClN4O3/c1-24(2)30-33-15-18-35(30)17-13-28(37)36-16-8-14-31(22-36,23-39-27-12-7-11-26(32)19-27)20-29(38)34(3)21-25-9-5-4-6-10-25/h4-7,9-12,15,18-19,24H,8,13-14,16-17,20-23H2,1-3H3. The van der Waals surface area contributed by atoms with Gasteiger partial charge in [-0.3, -0.25) is 9.59 Å². The van der Waals surface area contributed by atoms with Gasteiger partial charge in [0.25, 0.3) is 0 Å². The molecule has 0 bridgehead atoms. The molecule has 1 aliphatic heterocycles. The van der Waals surface area contributed by atoms with Crippen molar-refractivity contribution in [1.82, 2.24) is 19.4 Å². The number of carbonyl (C=O) groups excluding carboxylic acids is 2. The highest BCUT2D eigenvalue weighted by Crippen LogP contribution is 2.36. The van der Waals surface area contributed by atoms with E-state index in [4.69, 9.17) is 16.3 Å². The maximum atomic E-state index is 13.5. The fraction of sp³-hybridized carbons (Fsp3) is 0.452. The topological polar surface area (TPSA) is 67.7 Å². The minimum atomic E-state index is -0.490. The van der Waals surface area contributed by atoms with E-state index >= 15 is 0 Å². The Morgan fingerprint density at radius 1 is 1.15 bits per heavy atom. The number of halogens is 1. The molecule has 1 fully saturated rings. The van der Waals surface area contributed by atoms with Crippen molar-refractivity contribution < 1.29 is 14.3 Å². The first-order valence-corrected chi connectivity index (χ1v) is 14.1. The maximum absolute atomic E-state index is 13.5. The molecule has 2 heterocycles. The molecule has 0 radical (unpaired) electrons. The summed E-state index contributed by atoms with van der Waals surface area (Å²) in [6.45, 7) is 6.84. The fourth-order valence-corrected chi connectivity index (χ4v) is 5.49. The molecular weight excluding hydrogens is 512 g/mol. The van der Waals surface area contributed by atoms with Crippen molar-refractivity contribution in [2.75, 3.05) is 26.7 Å². The summed E-state index contributed by atoms with van der Waals surface area (Å²) in [6, 6.07) is 17.3. The predicted molar refractivity (Wildman–Crippen MR) is 154 cm³/mol. The lowest BCUT2D eigenvalue weighted by atomic mass is 9.77. The van der Waals surface area contributed by atoms with Crippen LogP contribution in [0.5, 0.6) is 5.75 Å². The molecule has 8 heteroatoms.